The second kappa shape index (κ2) is 8.72. The Labute approximate surface area is 122 Å². The molecule has 0 aliphatic heterocycles. The van der Waals surface area contributed by atoms with Gasteiger partial charge in [0.05, 0.1) is 5.56 Å². The van der Waals surface area contributed by atoms with E-state index in [4.69, 9.17) is 5.73 Å². The van der Waals surface area contributed by atoms with E-state index in [1.807, 2.05) is 25.1 Å². The molecular weight excluding hydrogens is 351 g/mol. The zero-order valence-corrected chi connectivity index (χ0v) is 12.8. The second-order valence-electron chi connectivity index (χ2n) is 3.69. The van der Waals surface area contributed by atoms with Crippen molar-refractivity contribution < 1.29 is 4.79 Å². The molecule has 3 N–H and O–H groups in total. The smallest absolute Gasteiger partial charge is 0.252 e. The van der Waals surface area contributed by atoms with Crippen LogP contribution in [0.25, 0.3) is 0 Å². The number of unbranched alkanes of at least 4 members (excludes halogenated alkanes) is 1. The van der Waals surface area contributed by atoms with Gasteiger partial charge in [0, 0.05) is 10.1 Å². The average molecular weight is 369 g/mol. The van der Waals surface area contributed by atoms with Crippen LogP contribution in [0.2, 0.25) is 0 Å². The number of hydrogen-bond acceptors (Lipinski definition) is 2. The van der Waals surface area contributed by atoms with Gasteiger partial charge in [-0.3, -0.25) is 4.79 Å². The van der Waals surface area contributed by atoms with E-state index in [2.05, 4.69) is 27.9 Å². The number of nitrogens with one attached hydrogen (secondary N) is 1. The molecule has 17 heavy (non-hydrogen) atoms. The summed E-state index contributed by atoms with van der Waals surface area (Å²) in [5.41, 5.74) is 7.28. The van der Waals surface area contributed by atoms with E-state index in [0.29, 0.717) is 13.1 Å². The lowest BCUT2D eigenvalue weighted by atomic mass is 10.1. The molecule has 0 heterocycles. The van der Waals surface area contributed by atoms with Gasteiger partial charge in [-0.05, 0) is 60.5 Å². The Morgan fingerprint density at radius 3 is 2.76 bits per heavy atom. The summed E-state index contributed by atoms with van der Waals surface area (Å²) in [6.07, 6.45) is 1.88. The molecule has 5 heteroatoms. The number of aryl methyl sites for hydroxylation is 1. The van der Waals surface area contributed by atoms with Crippen molar-refractivity contribution in [3.05, 3.63) is 32.9 Å². The van der Waals surface area contributed by atoms with Crippen LogP contribution in [0, 0.1) is 10.5 Å². The molecule has 3 nitrogen and oxygen atoms in total. The van der Waals surface area contributed by atoms with Crippen molar-refractivity contribution in [1.82, 2.24) is 5.32 Å². The van der Waals surface area contributed by atoms with Gasteiger partial charge in [0.15, 0.2) is 0 Å². The molecule has 0 bridgehead atoms. The average Bonchev–Trinajstić information content (AvgIpc) is 2.28. The van der Waals surface area contributed by atoms with Crippen LogP contribution < -0.4 is 11.1 Å². The number of benzene rings is 1. The minimum Gasteiger partial charge on any atom is -0.352 e. The maximum absolute atomic E-state index is 11.8. The molecule has 0 spiro atoms. The van der Waals surface area contributed by atoms with E-state index < -0.39 is 0 Å². The van der Waals surface area contributed by atoms with Gasteiger partial charge in [-0.15, -0.1) is 12.4 Å². The molecule has 0 aliphatic carbocycles. The van der Waals surface area contributed by atoms with Crippen molar-refractivity contribution in [1.29, 1.82) is 0 Å². The first-order valence-corrected chi connectivity index (χ1v) is 6.48. The SMILES string of the molecule is Cc1cccc(C(=O)NCCCCN)c1I.Cl. The Morgan fingerprint density at radius 1 is 1.41 bits per heavy atom. The molecule has 0 radical (unpaired) electrons. The number of halogens is 2. The standard InChI is InChI=1S/C12H17IN2O.ClH/c1-9-5-4-6-10(11(9)13)12(16)15-8-3-2-7-14;/h4-6H,2-3,7-8,14H2,1H3,(H,15,16);1H. The maximum Gasteiger partial charge on any atom is 0.252 e. The summed E-state index contributed by atoms with van der Waals surface area (Å²) in [6.45, 7) is 3.38. The number of carbonyl (C=O) groups is 1. The van der Waals surface area contributed by atoms with E-state index in [1.165, 1.54) is 0 Å². The maximum atomic E-state index is 11.8. The Kier molecular flexibility index (Phi) is 8.55. The van der Waals surface area contributed by atoms with Crippen molar-refractivity contribution in [2.75, 3.05) is 13.1 Å². The van der Waals surface area contributed by atoms with Crippen LogP contribution in [0.5, 0.6) is 0 Å². The third-order valence-corrected chi connectivity index (χ3v) is 3.78. The summed E-state index contributed by atoms with van der Waals surface area (Å²) in [5.74, 6) is 0.00474. The van der Waals surface area contributed by atoms with Gasteiger partial charge in [-0.1, -0.05) is 12.1 Å². The van der Waals surface area contributed by atoms with Crippen molar-refractivity contribution in [2.24, 2.45) is 5.73 Å². The van der Waals surface area contributed by atoms with E-state index >= 15 is 0 Å². The van der Waals surface area contributed by atoms with Crippen LogP contribution in [0.3, 0.4) is 0 Å². The first-order chi connectivity index (χ1) is 7.66. The third-order valence-electron chi connectivity index (χ3n) is 2.35. The highest BCUT2D eigenvalue weighted by atomic mass is 127. The lowest BCUT2D eigenvalue weighted by molar-refractivity contribution is 0.0952. The Hall–Kier alpha value is -0.330. The summed E-state index contributed by atoms with van der Waals surface area (Å²) in [4.78, 5) is 11.8. The van der Waals surface area contributed by atoms with Crippen LogP contribution in [-0.2, 0) is 0 Å². The van der Waals surface area contributed by atoms with Gasteiger partial charge >= 0.3 is 0 Å². The highest BCUT2D eigenvalue weighted by Crippen LogP contribution is 2.16. The van der Waals surface area contributed by atoms with E-state index in [0.717, 1.165) is 27.5 Å². The van der Waals surface area contributed by atoms with Gasteiger partial charge in [-0.25, -0.2) is 0 Å². The van der Waals surface area contributed by atoms with Crippen LogP contribution in [0.4, 0.5) is 0 Å². The molecular formula is C12H18ClIN2O. The molecule has 0 fully saturated rings. The summed E-state index contributed by atoms with van der Waals surface area (Å²) in [5, 5.41) is 2.90. The normalized spacial score (nSPS) is 9.59. The van der Waals surface area contributed by atoms with Crippen molar-refractivity contribution >= 4 is 40.9 Å². The van der Waals surface area contributed by atoms with Crippen molar-refractivity contribution in [3.63, 3.8) is 0 Å². The Bertz CT molecular complexity index is 372. The van der Waals surface area contributed by atoms with E-state index in [9.17, 15) is 4.79 Å². The molecule has 1 aromatic carbocycles. The first-order valence-electron chi connectivity index (χ1n) is 5.40. The van der Waals surface area contributed by atoms with E-state index in [-0.39, 0.29) is 18.3 Å². The molecule has 96 valence electrons. The predicted octanol–water partition coefficient (Wildman–Crippen LogP) is 2.49. The van der Waals surface area contributed by atoms with Crippen LogP contribution in [0.1, 0.15) is 28.8 Å². The zero-order valence-electron chi connectivity index (χ0n) is 9.83. The van der Waals surface area contributed by atoms with Crippen molar-refractivity contribution in [2.45, 2.75) is 19.8 Å². The lowest BCUT2D eigenvalue weighted by Gasteiger charge is -2.08. The summed E-state index contributed by atoms with van der Waals surface area (Å²) in [6, 6.07) is 5.77. The predicted molar refractivity (Wildman–Crippen MR) is 81.8 cm³/mol. The van der Waals surface area contributed by atoms with Crippen LogP contribution in [0.15, 0.2) is 18.2 Å². The fourth-order valence-corrected chi connectivity index (χ4v) is 1.99. The minimum atomic E-state index is 0. The number of carbonyl (C=O) groups excluding carboxylic acids is 1. The molecule has 0 aromatic heterocycles. The molecule has 0 unspecified atom stereocenters. The summed E-state index contributed by atoms with van der Waals surface area (Å²) in [7, 11) is 0. The largest absolute Gasteiger partial charge is 0.352 e. The molecule has 0 saturated heterocycles. The van der Waals surface area contributed by atoms with Crippen molar-refractivity contribution in [3.8, 4) is 0 Å². The van der Waals surface area contributed by atoms with Gasteiger partial charge in [0.2, 0.25) is 0 Å². The number of nitrogens with two attached hydrogens (primary N) is 1. The number of hydrogen-bond donors (Lipinski definition) is 2. The Morgan fingerprint density at radius 2 is 2.12 bits per heavy atom. The molecule has 1 rings (SSSR count). The fraction of sp³-hybridized carbons (Fsp3) is 0.417. The molecule has 0 saturated carbocycles. The first kappa shape index (κ1) is 16.7. The molecule has 0 aliphatic rings. The number of amides is 1. The second-order valence-corrected chi connectivity index (χ2v) is 4.77. The number of rotatable bonds is 5. The highest BCUT2D eigenvalue weighted by molar-refractivity contribution is 14.1. The van der Waals surface area contributed by atoms with Gasteiger partial charge in [0.25, 0.3) is 5.91 Å². The Balaban J connectivity index is 0.00000256. The topological polar surface area (TPSA) is 55.1 Å². The van der Waals surface area contributed by atoms with Crippen LogP contribution >= 0.6 is 35.0 Å². The van der Waals surface area contributed by atoms with Crippen LogP contribution in [-0.4, -0.2) is 19.0 Å². The van der Waals surface area contributed by atoms with E-state index in [1.54, 1.807) is 0 Å². The monoisotopic (exact) mass is 368 g/mol. The highest BCUT2D eigenvalue weighted by Gasteiger charge is 2.09. The van der Waals surface area contributed by atoms with Gasteiger partial charge < -0.3 is 11.1 Å². The fourth-order valence-electron chi connectivity index (χ4n) is 1.39. The molecule has 0 atom stereocenters. The molecule has 1 amide bonds. The van der Waals surface area contributed by atoms with Gasteiger partial charge in [-0.2, -0.15) is 0 Å². The minimum absolute atomic E-state index is 0. The van der Waals surface area contributed by atoms with Gasteiger partial charge in [0.1, 0.15) is 0 Å². The lowest BCUT2D eigenvalue weighted by Crippen LogP contribution is -2.25. The summed E-state index contributed by atoms with van der Waals surface area (Å²) >= 11 is 2.21. The quantitative estimate of drug-likeness (QED) is 0.620. The zero-order chi connectivity index (χ0) is 12.0. The summed E-state index contributed by atoms with van der Waals surface area (Å²) < 4.78 is 1.02. The molecule has 1 aromatic rings. The third kappa shape index (κ3) is 5.23.